The van der Waals surface area contributed by atoms with Crippen LogP contribution in [0, 0.1) is 5.92 Å². The number of aliphatic hydroxyl groups excluding tert-OH is 1. The van der Waals surface area contributed by atoms with Crippen LogP contribution < -0.4 is 0 Å². The minimum Gasteiger partial charge on any atom is -0.449 e. The molecule has 1 aromatic carbocycles. The van der Waals surface area contributed by atoms with Crippen LogP contribution in [0.4, 0.5) is 0 Å². The van der Waals surface area contributed by atoms with Gasteiger partial charge in [0.2, 0.25) is 0 Å². The first kappa shape index (κ1) is 20.0. The number of carbonyl (C=O) groups excluding carboxylic acids is 3. The molecule has 0 aliphatic carbocycles. The summed E-state index contributed by atoms with van der Waals surface area (Å²) in [7, 11) is 0. The molecule has 0 amide bonds. The second-order valence-corrected chi connectivity index (χ2v) is 6.76. The van der Waals surface area contributed by atoms with Crippen LogP contribution in [0.15, 0.2) is 36.4 Å². The van der Waals surface area contributed by atoms with Crippen molar-refractivity contribution in [3.8, 4) is 0 Å². The Labute approximate surface area is 154 Å². The lowest BCUT2D eigenvalue weighted by molar-refractivity contribution is -0.160. The van der Waals surface area contributed by atoms with Crippen LogP contribution in [0.2, 0.25) is 0 Å². The Balaban J connectivity index is 2.33. The molecule has 3 atom stereocenters. The Kier molecular flexibility index (Phi) is 7.27. The predicted octanol–water partition coefficient (Wildman–Crippen LogP) is 3.10. The van der Waals surface area contributed by atoms with Crippen molar-refractivity contribution < 1.29 is 24.2 Å². The molecule has 1 aliphatic heterocycles. The van der Waals surface area contributed by atoms with E-state index in [1.165, 1.54) is 6.92 Å². The van der Waals surface area contributed by atoms with Crippen LogP contribution in [0.1, 0.15) is 56.8 Å². The molecule has 26 heavy (non-hydrogen) atoms. The lowest BCUT2D eigenvalue weighted by atomic mass is 9.92. The largest absolute Gasteiger partial charge is 0.449 e. The molecule has 0 fully saturated rings. The van der Waals surface area contributed by atoms with Gasteiger partial charge in [-0.25, -0.2) is 0 Å². The summed E-state index contributed by atoms with van der Waals surface area (Å²) in [6.07, 6.45) is 3.39. The fourth-order valence-electron chi connectivity index (χ4n) is 3.13. The SMILES string of the molecule is CC[C@H]1C/C=C\Cc2ccccc2[C@H](C(=O)C[C@@H](O)CC(C)=O)OC1=O. The maximum atomic E-state index is 12.8. The first-order valence-corrected chi connectivity index (χ1v) is 9.05. The Morgan fingerprint density at radius 3 is 2.65 bits per heavy atom. The number of carbonyl (C=O) groups is 3. The standard InChI is InChI=1S/C21H26O5/c1-3-15-8-4-5-9-16-10-6-7-11-18(16)20(26-21(15)25)19(24)13-17(23)12-14(2)22/h4-7,10-11,15,17,20,23H,3,8-9,12-13H2,1-2H3/b5-4-/t15-,17-,20+/m0/s1. The van der Waals surface area contributed by atoms with Crippen LogP contribution in [-0.2, 0) is 25.5 Å². The molecule has 2 rings (SSSR count). The Hall–Kier alpha value is -2.27. The molecule has 0 spiro atoms. The van der Waals surface area contributed by atoms with Gasteiger partial charge in [-0.3, -0.25) is 14.4 Å². The van der Waals surface area contributed by atoms with E-state index in [1.54, 1.807) is 12.1 Å². The van der Waals surface area contributed by atoms with Gasteiger partial charge in [0.1, 0.15) is 5.78 Å². The highest BCUT2D eigenvalue weighted by molar-refractivity contribution is 5.88. The Morgan fingerprint density at radius 1 is 1.23 bits per heavy atom. The van der Waals surface area contributed by atoms with E-state index in [4.69, 9.17) is 4.74 Å². The van der Waals surface area contributed by atoms with Gasteiger partial charge >= 0.3 is 5.97 Å². The maximum Gasteiger partial charge on any atom is 0.310 e. The Morgan fingerprint density at radius 2 is 1.96 bits per heavy atom. The third-order valence-electron chi connectivity index (χ3n) is 4.58. The van der Waals surface area contributed by atoms with Crippen LogP contribution in [0.25, 0.3) is 0 Å². The normalized spacial score (nSPS) is 22.7. The zero-order valence-corrected chi connectivity index (χ0v) is 15.3. The summed E-state index contributed by atoms with van der Waals surface area (Å²) in [5.41, 5.74) is 1.55. The topological polar surface area (TPSA) is 80.7 Å². The second kappa shape index (κ2) is 9.43. The van der Waals surface area contributed by atoms with E-state index in [2.05, 4.69) is 0 Å². The summed E-state index contributed by atoms with van der Waals surface area (Å²) in [5, 5.41) is 9.97. The van der Waals surface area contributed by atoms with Crippen molar-refractivity contribution in [3.63, 3.8) is 0 Å². The zero-order valence-electron chi connectivity index (χ0n) is 15.3. The molecule has 1 aliphatic rings. The summed E-state index contributed by atoms with van der Waals surface area (Å²) >= 11 is 0. The smallest absolute Gasteiger partial charge is 0.310 e. The quantitative estimate of drug-likeness (QED) is 0.624. The van der Waals surface area contributed by atoms with Crippen LogP contribution in [-0.4, -0.2) is 28.7 Å². The highest BCUT2D eigenvalue weighted by Gasteiger charge is 2.31. The number of ketones is 2. The lowest BCUT2D eigenvalue weighted by Gasteiger charge is -2.24. The molecule has 0 unspecified atom stereocenters. The summed E-state index contributed by atoms with van der Waals surface area (Å²) in [6.45, 7) is 3.28. The van der Waals surface area contributed by atoms with Gasteiger partial charge in [0.15, 0.2) is 11.9 Å². The number of aliphatic hydroxyl groups is 1. The number of Topliss-reactive ketones (excluding diaryl/α,β-unsaturated/α-hetero) is 2. The fourth-order valence-corrected chi connectivity index (χ4v) is 3.13. The third kappa shape index (κ3) is 5.36. The summed E-state index contributed by atoms with van der Waals surface area (Å²) < 4.78 is 5.61. The lowest BCUT2D eigenvalue weighted by Crippen LogP contribution is -2.28. The van der Waals surface area contributed by atoms with Crippen LogP contribution in [0.5, 0.6) is 0 Å². The van der Waals surface area contributed by atoms with Gasteiger partial charge < -0.3 is 9.84 Å². The van der Waals surface area contributed by atoms with E-state index < -0.39 is 18.2 Å². The molecule has 0 radical (unpaired) electrons. The van der Waals surface area contributed by atoms with Gasteiger partial charge in [0.25, 0.3) is 0 Å². The molecule has 0 saturated heterocycles. The van der Waals surface area contributed by atoms with E-state index in [1.807, 2.05) is 31.2 Å². The maximum absolute atomic E-state index is 12.8. The molecular formula is C21H26O5. The summed E-state index contributed by atoms with van der Waals surface area (Å²) in [5.74, 6) is -1.29. The first-order valence-electron chi connectivity index (χ1n) is 9.05. The fraction of sp³-hybridized carbons (Fsp3) is 0.476. The van der Waals surface area contributed by atoms with Crippen molar-refractivity contribution in [2.24, 2.45) is 5.92 Å². The number of allylic oxidation sites excluding steroid dienone is 2. The number of ether oxygens (including phenoxy) is 1. The molecule has 0 saturated carbocycles. The van der Waals surface area contributed by atoms with Crippen molar-refractivity contribution >= 4 is 17.5 Å². The first-order chi connectivity index (χ1) is 12.4. The highest BCUT2D eigenvalue weighted by atomic mass is 16.5. The number of hydrogen-bond acceptors (Lipinski definition) is 5. The van der Waals surface area contributed by atoms with Gasteiger partial charge in [-0.15, -0.1) is 0 Å². The highest BCUT2D eigenvalue weighted by Crippen LogP contribution is 2.28. The Bertz CT molecular complexity index is 691. The number of esters is 1. The molecule has 1 heterocycles. The van der Waals surface area contributed by atoms with Crippen molar-refractivity contribution in [1.82, 2.24) is 0 Å². The zero-order chi connectivity index (χ0) is 19.1. The average Bonchev–Trinajstić information content (AvgIpc) is 2.59. The van der Waals surface area contributed by atoms with Gasteiger partial charge in [-0.1, -0.05) is 43.3 Å². The van der Waals surface area contributed by atoms with Crippen LogP contribution in [0.3, 0.4) is 0 Å². The van der Waals surface area contributed by atoms with Crippen molar-refractivity contribution in [1.29, 1.82) is 0 Å². The molecule has 5 heteroatoms. The van der Waals surface area contributed by atoms with Crippen molar-refractivity contribution in [2.75, 3.05) is 0 Å². The number of cyclic esters (lactones) is 1. The monoisotopic (exact) mass is 358 g/mol. The number of hydrogen-bond donors (Lipinski definition) is 1. The molecular weight excluding hydrogens is 332 g/mol. The van der Waals surface area contributed by atoms with E-state index >= 15 is 0 Å². The average molecular weight is 358 g/mol. The second-order valence-electron chi connectivity index (χ2n) is 6.76. The van der Waals surface area contributed by atoms with Gasteiger partial charge in [0.05, 0.1) is 12.0 Å². The molecule has 0 aromatic heterocycles. The van der Waals surface area contributed by atoms with Crippen molar-refractivity contribution in [3.05, 3.63) is 47.5 Å². The molecule has 5 nitrogen and oxygen atoms in total. The summed E-state index contributed by atoms with van der Waals surface area (Å²) in [6, 6.07) is 7.35. The van der Waals surface area contributed by atoms with E-state index in [-0.39, 0.29) is 30.3 Å². The molecule has 1 aromatic rings. The number of fused-ring (bicyclic) bond motifs is 1. The van der Waals surface area contributed by atoms with Gasteiger partial charge in [-0.2, -0.15) is 0 Å². The number of rotatable bonds is 6. The van der Waals surface area contributed by atoms with Gasteiger partial charge in [-0.05, 0) is 31.7 Å². The predicted molar refractivity (Wildman–Crippen MR) is 97.4 cm³/mol. The summed E-state index contributed by atoms with van der Waals surface area (Å²) in [4.78, 5) is 36.5. The minimum absolute atomic E-state index is 0.0889. The third-order valence-corrected chi connectivity index (χ3v) is 4.58. The molecule has 1 N–H and O–H groups in total. The number of benzene rings is 1. The van der Waals surface area contributed by atoms with E-state index in [0.717, 1.165) is 5.56 Å². The van der Waals surface area contributed by atoms with E-state index in [0.29, 0.717) is 24.8 Å². The van der Waals surface area contributed by atoms with E-state index in [9.17, 15) is 19.5 Å². The van der Waals surface area contributed by atoms with Crippen molar-refractivity contribution in [2.45, 2.75) is 58.2 Å². The van der Waals surface area contributed by atoms with Gasteiger partial charge in [0, 0.05) is 18.4 Å². The molecule has 0 bridgehead atoms. The molecule has 140 valence electrons. The van der Waals surface area contributed by atoms with Crippen LogP contribution >= 0.6 is 0 Å². The minimum atomic E-state index is -1.07.